The predicted molar refractivity (Wildman–Crippen MR) is 72.8 cm³/mol. The van der Waals surface area contributed by atoms with Crippen molar-refractivity contribution in [3.63, 3.8) is 0 Å². The number of carbonyl (C=O) groups is 1. The van der Waals surface area contributed by atoms with Crippen LogP contribution in [-0.4, -0.2) is 12.9 Å². The summed E-state index contributed by atoms with van der Waals surface area (Å²) < 4.78 is 31.3. The molecule has 0 atom stereocenters. The van der Waals surface area contributed by atoms with Gasteiger partial charge in [0.15, 0.2) is 17.4 Å². The van der Waals surface area contributed by atoms with Crippen molar-refractivity contribution >= 4 is 29.0 Å². The van der Waals surface area contributed by atoms with Gasteiger partial charge in [-0.3, -0.25) is 4.79 Å². The minimum absolute atomic E-state index is 0.147. The molecular formula is C14H8Cl2F2O2. The van der Waals surface area contributed by atoms with Gasteiger partial charge in [-0.1, -0.05) is 23.2 Å². The Morgan fingerprint density at radius 2 is 1.70 bits per heavy atom. The third-order valence-electron chi connectivity index (χ3n) is 2.66. The van der Waals surface area contributed by atoms with Crippen molar-refractivity contribution in [3.05, 3.63) is 63.1 Å². The molecule has 0 N–H and O–H groups in total. The van der Waals surface area contributed by atoms with E-state index in [1.165, 1.54) is 25.3 Å². The summed E-state index contributed by atoms with van der Waals surface area (Å²) in [6, 6.07) is 5.88. The first kappa shape index (κ1) is 14.8. The SMILES string of the molecule is COc1cc(Cl)ccc1C(=O)c1cc(F)c(F)cc1Cl. The molecule has 0 spiro atoms. The Morgan fingerprint density at radius 1 is 1.05 bits per heavy atom. The normalized spacial score (nSPS) is 10.4. The van der Waals surface area contributed by atoms with E-state index in [1.807, 2.05) is 0 Å². The molecule has 2 nitrogen and oxygen atoms in total. The highest BCUT2D eigenvalue weighted by Gasteiger charge is 2.20. The Balaban J connectivity index is 2.54. The lowest BCUT2D eigenvalue weighted by Crippen LogP contribution is -2.06. The molecule has 104 valence electrons. The van der Waals surface area contributed by atoms with Crippen LogP contribution in [0.2, 0.25) is 10.0 Å². The van der Waals surface area contributed by atoms with Crippen LogP contribution in [0.25, 0.3) is 0 Å². The molecule has 0 saturated carbocycles. The first-order chi connectivity index (χ1) is 9.43. The fourth-order valence-electron chi connectivity index (χ4n) is 1.69. The first-order valence-corrected chi connectivity index (χ1v) is 6.22. The molecule has 6 heteroatoms. The first-order valence-electron chi connectivity index (χ1n) is 5.47. The predicted octanol–water partition coefficient (Wildman–Crippen LogP) is 4.51. The number of hydrogen-bond acceptors (Lipinski definition) is 2. The van der Waals surface area contributed by atoms with Crippen molar-refractivity contribution in [2.75, 3.05) is 7.11 Å². The second-order valence-electron chi connectivity index (χ2n) is 3.92. The van der Waals surface area contributed by atoms with E-state index in [4.69, 9.17) is 27.9 Å². The maximum absolute atomic E-state index is 13.2. The Labute approximate surface area is 123 Å². The summed E-state index contributed by atoms with van der Waals surface area (Å²) in [5, 5.41) is 0.209. The number of ketones is 1. The zero-order chi connectivity index (χ0) is 14.9. The summed E-state index contributed by atoms with van der Waals surface area (Å²) in [7, 11) is 1.37. The van der Waals surface area contributed by atoms with Crippen LogP contribution in [0.15, 0.2) is 30.3 Å². The Bertz CT molecular complexity index is 687. The second kappa shape index (κ2) is 5.77. The fourth-order valence-corrected chi connectivity index (χ4v) is 2.09. The van der Waals surface area contributed by atoms with Crippen molar-refractivity contribution in [2.45, 2.75) is 0 Å². The smallest absolute Gasteiger partial charge is 0.198 e. The van der Waals surface area contributed by atoms with E-state index in [9.17, 15) is 13.6 Å². The molecular weight excluding hydrogens is 309 g/mol. The van der Waals surface area contributed by atoms with Crippen molar-refractivity contribution in [1.82, 2.24) is 0 Å². The van der Waals surface area contributed by atoms with E-state index in [0.717, 1.165) is 12.1 Å². The average Bonchev–Trinajstić information content (AvgIpc) is 2.42. The van der Waals surface area contributed by atoms with E-state index in [1.54, 1.807) is 0 Å². The quantitative estimate of drug-likeness (QED) is 0.615. The summed E-state index contributed by atoms with van der Waals surface area (Å²) in [6.07, 6.45) is 0. The number of rotatable bonds is 3. The Hall–Kier alpha value is -1.65. The molecule has 0 amide bonds. The van der Waals surface area contributed by atoms with Crippen LogP contribution in [0, 0.1) is 11.6 Å². The average molecular weight is 317 g/mol. The molecule has 0 fully saturated rings. The maximum atomic E-state index is 13.2. The third kappa shape index (κ3) is 2.76. The molecule has 0 bridgehead atoms. The zero-order valence-corrected chi connectivity index (χ0v) is 11.7. The van der Waals surface area contributed by atoms with Gasteiger partial charge >= 0.3 is 0 Å². The van der Waals surface area contributed by atoms with E-state index in [2.05, 4.69) is 0 Å². The molecule has 0 saturated heterocycles. The topological polar surface area (TPSA) is 26.3 Å². The largest absolute Gasteiger partial charge is 0.496 e. The second-order valence-corrected chi connectivity index (χ2v) is 4.76. The molecule has 20 heavy (non-hydrogen) atoms. The molecule has 0 aromatic heterocycles. The standard InChI is InChI=1S/C14H8Cl2F2O2/c1-20-13-4-7(15)2-3-8(13)14(19)9-5-11(17)12(18)6-10(9)16/h2-6H,1H3. The van der Waals surface area contributed by atoms with Crippen LogP contribution in [0.3, 0.4) is 0 Å². The van der Waals surface area contributed by atoms with Crippen molar-refractivity contribution in [1.29, 1.82) is 0 Å². The maximum Gasteiger partial charge on any atom is 0.198 e. The van der Waals surface area contributed by atoms with Crippen LogP contribution in [0.1, 0.15) is 15.9 Å². The van der Waals surface area contributed by atoms with Gasteiger partial charge in [-0.25, -0.2) is 8.78 Å². The number of benzene rings is 2. The molecule has 0 heterocycles. The van der Waals surface area contributed by atoms with Gasteiger partial charge in [-0.2, -0.15) is 0 Å². The van der Waals surface area contributed by atoms with E-state index in [0.29, 0.717) is 5.02 Å². The molecule has 0 aliphatic rings. The van der Waals surface area contributed by atoms with Gasteiger partial charge < -0.3 is 4.74 Å². The van der Waals surface area contributed by atoms with Crippen LogP contribution in [-0.2, 0) is 0 Å². The summed E-state index contributed by atoms with van der Waals surface area (Å²) in [5.74, 6) is -2.62. The van der Waals surface area contributed by atoms with E-state index in [-0.39, 0.29) is 21.9 Å². The van der Waals surface area contributed by atoms with Gasteiger partial charge in [0.2, 0.25) is 0 Å². The summed E-state index contributed by atoms with van der Waals surface area (Å²) in [5.41, 5.74) is 0.0102. The van der Waals surface area contributed by atoms with Gasteiger partial charge in [0, 0.05) is 10.6 Å². The highest BCUT2D eigenvalue weighted by molar-refractivity contribution is 6.35. The number of carbonyl (C=O) groups excluding carboxylic acids is 1. The molecule has 2 aromatic rings. The van der Waals surface area contributed by atoms with Crippen LogP contribution >= 0.6 is 23.2 Å². The molecule has 2 rings (SSSR count). The van der Waals surface area contributed by atoms with E-state index < -0.39 is 17.4 Å². The Kier molecular flexibility index (Phi) is 4.26. The highest BCUT2D eigenvalue weighted by Crippen LogP contribution is 2.29. The van der Waals surface area contributed by atoms with Gasteiger partial charge in [-0.15, -0.1) is 0 Å². The number of ether oxygens (including phenoxy) is 1. The van der Waals surface area contributed by atoms with Gasteiger partial charge in [-0.05, 0) is 30.3 Å². The fraction of sp³-hybridized carbons (Fsp3) is 0.0714. The lowest BCUT2D eigenvalue weighted by Gasteiger charge is -2.09. The summed E-state index contributed by atoms with van der Waals surface area (Å²) in [4.78, 5) is 12.3. The minimum Gasteiger partial charge on any atom is -0.496 e. The third-order valence-corrected chi connectivity index (χ3v) is 3.21. The molecule has 0 unspecified atom stereocenters. The lowest BCUT2D eigenvalue weighted by molar-refractivity contribution is 0.103. The van der Waals surface area contributed by atoms with Crippen LogP contribution < -0.4 is 4.74 Å². The molecule has 0 aliphatic heterocycles. The molecule has 0 aliphatic carbocycles. The summed E-state index contributed by atoms with van der Waals surface area (Å²) in [6.45, 7) is 0. The van der Waals surface area contributed by atoms with Gasteiger partial charge in [0.1, 0.15) is 5.75 Å². The zero-order valence-electron chi connectivity index (χ0n) is 10.2. The molecule has 0 radical (unpaired) electrons. The van der Waals surface area contributed by atoms with Crippen molar-refractivity contribution < 1.29 is 18.3 Å². The highest BCUT2D eigenvalue weighted by atomic mass is 35.5. The lowest BCUT2D eigenvalue weighted by atomic mass is 10.0. The van der Waals surface area contributed by atoms with Crippen LogP contribution in [0.5, 0.6) is 5.75 Å². The van der Waals surface area contributed by atoms with Gasteiger partial charge in [0.05, 0.1) is 17.7 Å². The molecule has 2 aromatic carbocycles. The van der Waals surface area contributed by atoms with Gasteiger partial charge in [0.25, 0.3) is 0 Å². The van der Waals surface area contributed by atoms with Crippen LogP contribution in [0.4, 0.5) is 8.78 Å². The van der Waals surface area contributed by atoms with E-state index >= 15 is 0 Å². The summed E-state index contributed by atoms with van der Waals surface area (Å²) >= 11 is 11.6. The monoisotopic (exact) mass is 316 g/mol. The minimum atomic E-state index is -1.15. The number of hydrogen-bond donors (Lipinski definition) is 0. The number of halogens is 4. The van der Waals surface area contributed by atoms with Crippen molar-refractivity contribution in [3.8, 4) is 5.75 Å². The Morgan fingerprint density at radius 3 is 2.35 bits per heavy atom. The van der Waals surface area contributed by atoms with Crippen molar-refractivity contribution in [2.24, 2.45) is 0 Å². The number of methoxy groups -OCH3 is 1.